The van der Waals surface area contributed by atoms with Gasteiger partial charge in [0.25, 0.3) is 0 Å². The van der Waals surface area contributed by atoms with Crippen LogP contribution < -0.4 is 4.74 Å². The molecule has 0 radical (unpaired) electrons. The molecule has 0 fully saturated rings. The van der Waals surface area contributed by atoms with E-state index < -0.39 is 18.0 Å². The summed E-state index contributed by atoms with van der Waals surface area (Å²) in [6.45, 7) is 1.72. The van der Waals surface area contributed by atoms with Gasteiger partial charge in [0.1, 0.15) is 17.7 Å². The molecule has 2 nitrogen and oxygen atoms in total. The van der Waals surface area contributed by atoms with Crippen molar-refractivity contribution >= 4 is 23.2 Å². The van der Waals surface area contributed by atoms with Crippen LogP contribution in [0.5, 0.6) is 5.75 Å². The highest BCUT2D eigenvalue weighted by Crippen LogP contribution is 2.21. The summed E-state index contributed by atoms with van der Waals surface area (Å²) in [5.74, 6) is 0.161. The maximum atomic E-state index is 13.6. The quantitative estimate of drug-likeness (QED) is 0.875. The first-order chi connectivity index (χ1) is 9.95. The number of halogens is 3. The van der Waals surface area contributed by atoms with Gasteiger partial charge in [0, 0.05) is 16.5 Å². The van der Waals surface area contributed by atoms with Crippen LogP contribution in [0.4, 0.5) is 4.39 Å². The zero-order chi connectivity index (χ0) is 15.4. The third kappa shape index (κ3) is 4.60. The van der Waals surface area contributed by atoms with Gasteiger partial charge < -0.3 is 9.84 Å². The summed E-state index contributed by atoms with van der Waals surface area (Å²) >= 11 is 11.7. The van der Waals surface area contributed by atoms with E-state index in [1.54, 1.807) is 31.2 Å². The van der Waals surface area contributed by atoms with Crippen LogP contribution in [0.3, 0.4) is 0 Å². The van der Waals surface area contributed by atoms with Crippen LogP contribution in [0.25, 0.3) is 0 Å². The molecule has 0 aliphatic carbocycles. The molecule has 0 amide bonds. The Morgan fingerprint density at radius 2 is 1.86 bits per heavy atom. The van der Waals surface area contributed by atoms with E-state index in [2.05, 4.69) is 0 Å². The Morgan fingerprint density at radius 1 is 1.14 bits per heavy atom. The largest absolute Gasteiger partial charge is 0.488 e. The smallest absolute Gasteiger partial charge is 0.126 e. The van der Waals surface area contributed by atoms with Crippen molar-refractivity contribution in [3.63, 3.8) is 0 Å². The monoisotopic (exact) mass is 328 g/mol. The lowest BCUT2D eigenvalue weighted by molar-refractivity contribution is 0.0473. The fourth-order valence-corrected chi connectivity index (χ4v) is 2.30. The number of rotatable bonds is 5. The molecular formula is C16H15Cl2FO2. The second-order valence-electron chi connectivity index (χ2n) is 4.79. The number of hydrogen-bond donors (Lipinski definition) is 1. The van der Waals surface area contributed by atoms with Gasteiger partial charge in [-0.05, 0) is 48.9 Å². The van der Waals surface area contributed by atoms with Crippen molar-refractivity contribution in [2.24, 2.45) is 0 Å². The first-order valence-electron chi connectivity index (χ1n) is 6.50. The first-order valence-corrected chi connectivity index (χ1v) is 7.25. The third-order valence-electron chi connectivity index (χ3n) is 3.10. The minimum absolute atomic E-state index is 0.119. The molecule has 2 aromatic rings. The standard InChI is InChI=1S/C16H15Cl2FO2/c1-10(21-14-4-2-3-12(17)9-14)16(20)8-11-7-13(18)5-6-15(11)19/h2-7,9-10,16,20H,8H2,1H3. The predicted octanol–water partition coefficient (Wildman–Crippen LogP) is 4.50. The summed E-state index contributed by atoms with van der Waals surface area (Å²) in [5.41, 5.74) is 0.358. The fraction of sp³-hybridized carbons (Fsp3) is 0.250. The average Bonchev–Trinajstić information content (AvgIpc) is 2.43. The maximum absolute atomic E-state index is 13.6. The van der Waals surface area contributed by atoms with Crippen molar-refractivity contribution in [2.75, 3.05) is 0 Å². The zero-order valence-corrected chi connectivity index (χ0v) is 12.9. The molecule has 0 saturated carbocycles. The second kappa shape index (κ2) is 7.12. The van der Waals surface area contributed by atoms with Crippen LogP contribution in [0.2, 0.25) is 10.0 Å². The van der Waals surface area contributed by atoms with Crippen molar-refractivity contribution in [1.29, 1.82) is 0 Å². The summed E-state index contributed by atoms with van der Waals surface area (Å²) in [4.78, 5) is 0. The predicted molar refractivity (Wildman–Crippen MR) is 82.7 cm³/mol. The van der Waals surface area contributed by atoms with Gasteiger partial charge in [-0.15, -0.1) is 0 Å². The number of aliphatic hydroxyl groups excluding tert-OH is 1. The van der Waals surface area contributed by atoms with Crippen LogP contribution in [-0.4, -0.2) is 17.3 Å². The summed E-state index contributed by atoms with van der Waals surface area (Å²) in [6, 6.07) is 11.2. The summed E-state index contributed by atoms with van der Waals surface area (Å²) < 4.78 is 19.3. The Hall–Kier alpha value is -1.29. The van der Waals surface area contributed by atoms with Crippen LogP contribution >= 0.6 is 23.2 Å². The number of aliphatic hydroxyl groups is 1. The van der Waals surface area contributed by atoms with Gasteiger partial charge in [-0.1, -0.05) is 29.3 Å². The van der Waals surface area contributed by atoms with Crippen molar-refractivity contribution in [3.05, 3.63) is 63.9 Å². The Kier molecular flexibility index (Phi) is 5.45. The molecule has 21 heavy (non-hydrogen) atoms. The van der Waals surface area contributed by atoms with Gasteiger partial charge in [-0.3, -0.25) is 0 Å². The lowest BCUT2D eigenvalue weighted by Gasteiger charge is -2.21. The molecule has 5 heteroatoms. The van der Waals surface area contributed by atoms with E-state index in [1.807, 2.05) is 0 Å². The fourth-order valence-electron chi connectivity index (χ4n) is 1.92. The molecule has 0 aliphatic rings. The van der Waals surface area contributed by atoms with Crippen LogP contribution in [-0.2, 0) is 6.42 Å². The molecule has 2 rings (SSSR count). The van der Waals surface area contributed by atoms with E-state index in [0.717, 1.165) is 0 Å². The average molecular weight is 329 g/mol. The maximum Gasteiger partial charge on any atom is 0.126 e. The van der Waals surface area contributed by atoms with E-state index >= 15 is 0 Å². The summed E-state index contributed by atoms with van der Waals surface area (Å²) in [7, 11) is 0. The number of hydrogen-bond acceptors (Lipinski definition) is 2. The Bertz CT molecular complexity index is 619. The number of ether oxygens (including phenoxy) is 1. The number of benzene rings is 2. The van der Waals surface area contributed by atoms with Gasteiger partial charge in [-0.25, -0.2) is 4.39 Å². The SMILES string of the molecule is CC(Oc1cccc(Cl)c1)C(O)Cc1cc(Cl)ccc1F. The molecule has 0 bridgehead atoms. The molecule has 0 heterocycles. The lowest BCUT2D eigenvalue weighted by Crippen LogP contribution is -2.30. The summed E-state index contributed by atoms with van der Waals surface area (Å²) in [5, 5.41) is 11.1. The van der Waals surface area contributed by atoms with Gasteiger partial charge in [0.15, 0.2) is 0 Å². The highest BCUT2D eigenvalue weighted by atomic mass is 35.5. The van der Waals surface area contributed by atoms with E-state index in [9.17, 15) is 9.50 Å². The molecule has 112 valence electrons. The van der Waals surface area contributed by atoms with Crippen LogP contribution in [0, 0.1) is 5.82 Å². The zero-order valence-electron chi connectivity index (χ0n) is 11.4. The van der Waals surface area contributed by atoms with Crippen molar-refractivity contribution < 1.29 is 14.2 Å². The Balaban J connectivity index is 2.02. The topological polar surface area (TPSA) is 29.5 Å². The van der Waals surface area contributed by atoms with Crippen LogP contribution in [0.1, 0.15) is 12.5 Å². The highest BCUT2D eigenvalue weighted by Gasteiger charge is 2.18. The molecule has 0 spiro atoms. The van der Waals surface area contributed by atoms with Gasteiger partial charge >= 0.3 is 0 Å². The molecule has 1 N–H and O–H groups in total. The van der Waals surface area contributed by atoms with Crippen molar-refractivity contribution in [2.45, 2.75) is 25.6 Å². The molecule has 2 aromatic carbocycles. The van der Waals surface area contributed by atoms with E-state index in [0.29, 0.717) is 21.4 Å². The molecular weight excluding hydrogens is 314 g/mol. The molecule has 0 aliphatic heterocycles. The van der Waals surface area contributed by atoms with Gasteiger partial charge in [-0.2, -0.15) is 0 Å². The second-order valence-corrected chi connectivity index (χ2v) is 5.66. The Labute approximate surface area is 133 Å². The molecule has 2 atom stereocenters. The minimum Gasteiger partial charge on any atom is -0.488 e. The highest BCUT2D eigenvalue weighted by molar-refractivity contribution is 6.30. The third-order valence-corrected chi connectivity index (χ3v) is 3.57. The molecule has 0 aromatic heterocycles. The van der Waals surface area contributed by atoms with Gasteiger partial charge in [0.2, 0.25) is 0 Å². The van der Waals surface area contributed by atoms with Crippen molar-refractivity contribution in [3.8, 4) is 5.75 Å². The summed E-state index contributed by atoms with van der Waals surface area (Å²) in [6.07, 6.45) is -1.26. The van der Waals surface area contributed by atoms with E-state index in [1.165, 1.54) is 18.2 Å². The van der Waals surface area contributed by atoms with E-state index in [-0.39, 0.29) is 6.42 Å². The minimum atomic E-state index is -0.864. The molecule has 0 saturated heterocycles. The van der Waals surface area contributed by atoms with Gasteiger partial charge in [0.05, 0.1) is 6.10 Å². The van der Waals surface area contributed by atoms with Crippen molar-refractivity contribution in [1.82, 2.24) is 0 Å². The molecule has 2 unspecified atom stereocenters. The van der Waals surface area contributed by atoms with Crippen LogP contribution in [0.15, 0.2) is 42.5 Å². The first kappa shape index (κ1) is 16.1. The van der Waals surface area contributed by atoms with E-state index in [4.69, 9.17) is 27.9 Å². The normalized spacial score (nSPS) is 13.8. The Morgan fingerprint density at radius 3 is 2.57 bits per heavy atom. The lowest BCUT2D eigenvalue weighted by atomic mass is 10.0.